The van der Waals surface area contributed by atoms with Crippen LogP contribution >= 0.6 is 0 Å². The van der Waals surface area contributed by atoms with Gasteiger partial charge in [0.2, 0.25) is 10.0 Å². The van der Waals surface area contributed by atoms with Crippen molar-refractivity contribution in [1.29, 1.82) is 0 Å². The summed E-state index contributed by atoms with van der Waals surface area (Å²) in [6.45, 7) is 5.87. The molecule has 9 nitrogen and oxygen atoms in total. The van der Waals surface area contributed by atoms with E-state index in [1.807, 2.05) is 10.6 Å². The van der Waals surface area contributed by atoms with E-state index in [0.29, 0.717) is 55.3 Å². The number of hydrogen-bond donors (Lipinski definition) is 0. The van der Waals surface area contributed by atoms with Crippen LogP contribution < -0.4 is 0 Å². The maximum Gasteiger partial charge on any atom is 0.273 e. The Hall–Kier alpha value is -2.82. The van der Waals surface area contributed by atoms with Crippen molar-refractivity contribution in [3.8, 4) is 11.4 Å². The maximum absolute atomic E-state index is 13.1. The number of morpholine rings is 1. The monoisotopic (exact) mass is 458 g/mol. The van der Waals surface area contributed by atoms with E-state index in [1.165, 1.54) is 10.4 Å². The molecule has 10 heteroatoms. The zero-order chi connectivity index (χ0) is 22.9. The van der Waals surface area contributed by atoms with Crippen molar-refractivity contribution in [2.75, 3.05) is 26.3 Å². The molecule has 32 heavy (non-hydrogen) atoms. The van der Waals surface area contributed by atoms with E-state index in [1.54, 1.807) is 31.2 Å². The summed E-state index contributed by atoms with van der Waals surface area (Å²) < 4.78 is 34.9. The number of nitro groups is 1. The third kappa shape index (κ3) is 4.13. The van der Waals surface area contributed by atoms with Crippen molar-refractivity contribution in [2.45, 2.75) is 38.1 Å². The first kappa shape index (κ1) is 22.4. The molecule has 1 aliphatic rings. The largest absolute Gasteiger partial charge is 0.379 e. The number of benzene rings is 2. The molecule has 0 amide bonds. The van der Waals surface area contributed by atoms with Crippen LogP contribution in [0.15, 0.2) is 41.3 Å². The molecule has 0 radical (unpaired) electrons. The van der Waals surface area contributed by atoms with Crippen molar-refractivity contribution >= 4 is 26.7 Å². The van der Waals surface area contributed by atoms with Gasteiger partial charge in [0.25, 0.3) is 5.69 Å². The number of nitrogens with zero attached hydrogens (tertiary/aromatic N) is 4. The van der Waals surface area contributed by atoms with E-state index < -0.39 is 14.9 Å². The molecule has 1 aliphatic heterocycles. The van der Waals surface area contributed by atoms with Gasteiger partial charge in [0.1, 0.15) is 5.82 Å². The van der Waals surface area contributed by atoms with Crippen LogP contribution in [-0.2, 0) is 21.3 Å². The minimum Gasteiger partial charge on any atom is -0.379 e. The molecule has 2 aromatic carbocycles. The maximum atomic E-state index is 13.1. The third-order valence-corrected chi connectivity index (χ3v) is 7.62. The molecular weight excluding hydrogens is 432 g/mol. The third-order valence-electron chi connectivity index (χ3n) is 5.73. The van der Waals surface area contributed by atoms with Crippen LogP contribution in [0.4, 0.5) is 5.69 Å². The van der Waals surface area contributed by atoms with Crippen LogP contribution in [0.3, 0.4) is 0 Å². The van der Waals surface area contributed by atoms with Crippen LogP contribution in [0, 0.1) is 17.0 Å². The van der Waals surface area contributed by atoms with Gasteiger partial charge in [0.15, 0.2) is 0 Å². The number of fused-ring (bicyclic) bond motifs is 1. The molecule has 2 heterocycles. The van der Waals surface area contributed by atoms with Gasteiger partial charge in [-0.2, -0.15) is 4.31 Å². The normalized spacial score (nSPS) is 15.3. The molecule has 0 unspecified atom stereocenters. The molecule has 1 aromatic heterocycles. The van der Waals surface area contributed by atoms with E-state index in [9.17, 15) is 18.5 Å². The number of aromatic nitrogens is 2. The summed E-state index contributed by atoms with van der Waals surface area (Å²) in [4.78, 5) is 15.9. The highest BCUT2D eigenvalue weighted by Gasteiger charge is 2.27. The van der Waals surface area contributed by atoms with Crippen LogP contribution in [0.2, 0.25) is 0 Å². The van der Waals surface area contributed by atoms with Gasteiger partial charge in [0, 0.05) is 36.8 Å². The van der Waals surface area contributed by atoms with Gasteiger partial charge in [-0.15, -0.1) is 0 Å². The lowest BCUT2D eigenvalue weighted by Crippen LogP contribution is -2.40. The molecule has 0 bridgehead atoms. The highest BCUT2D eigenvalue weighted by Crippen LogP contribution is 2.31. The van der Waals surface area contributed by atoms with Crippen molar-refractivity contribution in [1.82, 2.24) is 13.9 Å². The Kier molecular flexibility index (Phi) is 6.27. The lowest BCUT2D eigenvalue weighted by molar-refractivity contribution is -0.385. The lowest BCUT2D eigenvalue weighted by Gasteiger charge is -2.26. The fourth-order valence-corrected chi connectivity index (χ4v) is 5.34. The summed E-state index contributed by atoms with van der Waals surface area (Å²) in [5.41, 5.74) is 2.60. The zero-order valence-corrected chi connectivity index (χ0v) is 19.0. The number of unbranched alkanes of at least 4 members (excludes halogenated alkanes) is 1. The number of hydrogen-bond acceptors (Lipinski definition) is 6. The SMILES string of the molecule is CCCCn1c(-c2ccc(C)c([N+](=O)[O-])c2)nc2cc(S(=O)(=O)N3CCOCC3)ccc21. The van der Waals surface area contributed by atoms with Crippen LogP contribution in [0.1, 0.15) is 25.3 Å². The van der Waals surface area contributed by atoms with Gasteiger partial charge in [-0.05, 0) is 31.5 Å². The number of aryl methyl sites for hydroxylation is 2. The van der Waals surface area contributed by atoms with Crippen LogP contribution in [0.25, 0.3) is 22.4 Å². The van der Waals surface area contributed by atoms with E-state index in [-0.39, 0.29) is 10.6 Å². The minimum absolute atomic E-state index is 0.0344. The van der Waals surface area contributed by atoms with E-state index >= 15 is 0 Å². The summed E-state index contributed by atoms with van der Waals surface area (Å²) in [5.74, 6) is 0.595. The second-order valence-corrected chi connectivity index (χ2v) is 9.80. The summed E-state index contributed by atoms with van der Waals surface area (Å²) in [6.07, 6.45) is 1.87. The second kappa shape index (κ2) is 8.97. The second-order valence-electron chi connectivity index (χ2n) is 7.87. The quantitative estimate of drug-likeness (QED) is 0.394. The number of rotatable bonds is 7. The molecular formula is C22H26N4O5S. The summed E-state index contributed by atoms with van der Waals surface area (Å²) >= 11 is 0. The Morgan fingerprint density at radius 3 is 2.59 bits per heavy atom. The number of imidazole rings is 1. The van der Waals surface area contributed by atoms with Gasteiger partial charge in [-0.25, -0.2) is 13.4 Å². The fourth-order valence-electron chi connectivity index (χ4n) is 3.91. The molecule has 0 N–H and O–H groups in total. The van der Waals surface area contributed by atoms with E-state index in [2.05, 4.69) is 6.92 Å². The highest BCUT2D eigenvalue weighted by atomic mass is 32.2. The Morgan fingerprint density at radius 2 is 1.91 bits per heavy atom. The standard InChI is InChI=1S/C22H26N4O5S/c1-3-4-9-25-20-8-7-18(32(29,30)24-10-12-31-13-11-24)15-19(20)23-22(25)17-6-5-16(2)21(14-17)26(27)28/h5-8,14-15H,3-4,9-13H2,1-2H3. The molecule has 1 saturated heterocycles. The molecule has 4 rings (SSSR count). The van der Waals surface area contributed by atoms with Gasteiger partial charge in [-0.1, -0.05) is 25.5 Å². The first-order valence-electron chi connectivity index (χ1n) is 10.7. The number of nitro benzene ring substituents is 1. The van der Waals surface area contributed by atoms with Crippen molar-refractivity contribution in [2.24, 2.45) is 0 Å². The lowest BCUT2D eigenvalue weighted by atomic mass is 10.1. The predicted molar refractivity (Wildman–Crippen MR) is 121 cm³/mol. The summed E-state index contributed by atoms with van der Waals surface area (Å²) in [5, 5.41) is 11.4. The van der Waals surface area contributed by atoms with Gasteiger partial charge < -0.3 is 9.30 Å². The number of sulfonamides is 1. The average Bonchev–Trinajstić information content (AvgIpc) is 3.16. The molecule has 3 aromatic rings. The molecule has 0 spiro atoms. The Labute approximate surface area is 186 Å². The molecule has 0 saturated carbocycles. The Morgan fingerprint density at radius 1 is 1.16 bits per heavy atom. The minimum atomic E-state index is -3.65. The summed E-state index contributed by atoms with van der Waals surface area (Å²) in [6, 6.07) is 10.0. The van der Waals surface area contributed by atoms with Gasteiger partial charge in [-0.3, -0.25) is 10.1 Å². The first-order chi connectivity index (χ1) is 15.3. The molecule has 1 fully saturated rings. The number of ether oxygens (including phenoxy) is 1. The van der Waals surface area contributed by atoms with Crippen molar-refractivity contribution < 1.29 is 18.1 Å². The Balaban J connectivity index is 1.83. The van der Waals surface area contributed by atoms with Crippen molar-refractivity contribution in [3.05, 3.63) is 52.1 Å². The molecule has 0 atom stereocenters. The molecule has 170 valence electrons. The first-order valence-corrected chi connectivity index (χ1v) is 12.1. The summed E-state index contributed by atoms with van der Waals surface area (Å²) in [7, 11) is -3.65. The van der Waals surface area contributed by atoms with Crippen LogP contribution in [-0.4, -0.2) is 53.5 Å². The van der Waals surface area contributed by atoms with E-state index in [0.717, 1.165) is 18.4 Å². The fraction of sp³-hybridized carbons (Fsp3) is 0.409. The zero-order valence-electron chi connectivity index (χ0n) is 18.2. The smallest absolute Gasteiger partial charge is 0.273 e. The topological polar surface area (TPSA) is 108 Å². The van der Waals surface area contributed by atoms with Crippen molar-refractivity contribution in [3.63, 3.8) is 0 Å². The van der Waals surface area contributed by atoms with Gasteiger partial charge >= 0.3 is 0 Å². The van der Waals surface area contributed by atoms with Gasteiger partial charge in [0.05, 0.1) is 34.1 Å². The Bertz CT molecular complexity index is 1260. The predicted octanol–water partition coefficient (Wildman–Crippen LogP) is 3.74. The average molecular weight is 459 g/mol. The molecule has 0 aliphatic carbocycles. The highest BCUT2D eigenvalue weighted by molar-refractivity contribution is 7.89. The van der Waals surface area contributed by atoms with E-state index in [4.69, 9.17) is 9.72 Å². The van der Waals surface area contributed by atoms with Crippen LogP contribution in [0.5, 0.6) is 0 Å².